The van der Waals surface area contributed by atoms with E-state index >= 15 is 0 Å². The van der Waals surface area contributed by atoms with E-state index in [4.69, 9.17) is 16.3 Å². The van der Waals surface area contributed by atoms with Crippen LogP contribution in [0.25, 0.3) is 17.1 Å². The van der Waals surface area contributed by atoms with Gasteiger partial charge in [-0.1, -0.05) is 55.3 Å². The Kier molecular flexibility index (Phi) is 6.56. The van der Waals surface area contributed by atoms with Crippen LogP contribution in [0.3, 0.4) is 0 Å². The molecule has 168 valence electrons. The van der Waals surface area contributed by atoms with Crippen molar-refractivity contribution in [3.63, 3.8) is 0 Å². The van der Waals surface area contributed by atoms with Crippen LogP contribution in [0, 0.1) is 13.8 Å². The molecule has 3 heterocycles. The number of ether oxygens (including phenoxy) is 1. The molecular formula is C26H25ClN4O2. The molecule has 0 radical (unpaired) electrons. The molecule has 0 saturated heterocycles. The fourth-order valence-electron chi connectivity index (χ4n) is 3.56. The Morgan fingerprint density at radius 2 is 1.79 bits per heavy atom. The van der Waals surface area contributed by atoms with Crippen molar-refractivity contribution in [2.75, 3.05) is 0 Å². The quantitative estimate of drug-likeness (QED) is 0.371. The largest absolute Gasteiger partial charge is 0.487 e. The summed E-state index contributed by atoms with van der Waals surface area (Å²) in [6.45, 7) is 8.28. The Hall–Kier alpha value is -3.51. The van der Waals surface area contributed by atoms with Crippen molar-refractivity contribution < 1.29 is 4.74 Å². The first-order chi connectivity index (χ1) is 15.8. The number of hydrogen-bond donors (Lipinski definition) is 0. The number of nitrogens with zero attached hydrogens (tertiary/aromatic N) is 4. The van der Waals surface area contributed by atoms with Gasteiger partial charge in [0.1, 0.15) is 23.2 Å². The first kappa shape index (κ1) is 22.7. The Morgan fingerprint density at radius 3 is 2.55 bits per heavy atom. The number of aromatic nitrogens is 4. The zero-order chi connectivity index (χ0) is 23.5. The van der Waals surface area contributed by atoms with Gasteiger partial charge in [0, 0.05) is 30.1 Å². The fourth-order valence-corrected chi connectivity index (χ4v) is 3.76. The van der Waals surface area contributed by atoms with Crippen molar-refractivity contribution in [1.29, 1.82) is 0 Å². The van der Waals surface area contributed by atoms with Gasteiger partial charge in [-0.2, -0.15) is 0 Å². The molecule has 0 aliphatic rings. The second-order valence-electron chi connectivity index (χ2n) is 8.24. The van der Waals surface area contributed by atoms with Gasteiger partial charge in [0.25, 0.3) is 5.56 Å². The Labute approximate surface area is 197 Å². The summed E-state index contributed by atoms with van der Waals surface area (Å²) in [6, 6.07) is 15.2. The monoisotopic (exact) mass is 460 g/mol. The molecule has 0 unspecified atom stereocenters. The lowest BCUT2D eigenvalue weighted by Crippen LogP contribution is -2.22. The van der Waals surface area contributed by atoms with Crippen molar-refractivity contribution in [1.82, 2.24) is 19.5 Å². The molecule has 4 aromatic rings. The molecule has 0 amide bonds. The number of pyridine rings is 2. The van der Waals surface area contributed by atoms with Crippen molar-refractivity contribution in [2.24, 2.45) is 0 Å². The first-order valence-corrected chi connectivity index (χ1v) is 11.1. The van der Waals surface area contributed by atoms with E-state index in [0.717, 1.165) is 17.0 Å². The summed E-state index contributed by atoms with van der Waals surface area (Å²) in [5.41, 5.74) is 4.51. The number of aryl methyl sites for hydroxylation is 2. The van der Waals surface area contributed by atoms with E-state index in [1.54, 1.807) is 29.1 Å². The third kappa shape index (κ3) is 4.96. The highest BCUT2D eigenvalue weighted by Gasteiger charge is 2.15. The van der Waals surface area contributed by atoms with Crippen molar-refractivity contribution >= 4 is 11.6 Å². The minimum Gasteiger partial charge on any atom is -0.487 e. The molecule has 0 aliphatic heterocycles. The van der Waals surface area contributed by atoms with Crippen LogP contribution in [0.15, 0.2) is 65.7 Å². The normalized spacial score (nSPS) is 11.1. The predicted octanol–water partition coefficient (Wildman–Crippen LogP) is 5.66. The average molecular weight is 461 g/mol. The van der Waals surface area contributed by atoms with Crippen LogP contribution in [0.4, 0.5) is 0 Å². The zero-order valence-electron chi connectivity index (χ0n) is 19.0. The molecule has 0 aliphatic carbocycles. The summed E-state index contributed by atoms with van der Waals surface area (Å²) in [6.07, 6.45) is 3.38. The molecule has 7 heteroatoms. The van der Waals surface area contributed by atoms with E-state index in [1.165, 1.54) is 0 Å². The molecule has 0 bridgehead atoms. The highest BCUT2D eigenvalue weighted by molar-refractivity contribution is 6.31. The fraction of sp³-hybridized carbons (Fsp3) is 0.231. The molecular weight excluding hydrogens is 436 g/mol. The van der Waals surface area contributed by atoms with Gasteiger partial charge >= 0.3 is 0 Å². The summed E-state index contributed by atoms with van der Waals surface area (Å²) >= 11 is 6.44. The van der Waals surface area contributed by atoms with Crippen LogP contribution in [0.1, 0.15) is 42.4 Å². The highest BCUT2D eigenvalue weighted by Crippen LogP contribution is 2.26. The van der Waals surface area contributed by atoms with Gasteiger partial charge in [0.2, 0.25) is 0 Å². The minimum atomic E-state index is -0.349. The zero-order valence-corrected chi connectivity index (χ0v) is 19.8. The second kappa shape index (κ2) is 9.55. The summed E-state index contributed by atoms with van der Waals surface area (Å²) in [4.78, 5) is 26.5. The lowest BCUT2D eigenvalue weighted by Gasteiger charge is -2.15. The van der Waals surface area contributed by atoms with Gasteiger partial charge < -0.3 is 4.74 Å². The molecule has 0 atom stereocenters. The molecule has 0 fully saturated rings. The molecule has 33 heavy (non-hydrogen) atoms. The van der Waals surface area contributed by atoms with Gasteiger partial charge in [-0.25, -0.2) is 9.97 Å². The Morgan fingerprint density at radius 1 is 1.00 bits per heavy atom. The van der Waals surface area contributed by atoms with E-state index < -0.39 is 0 Å². The summed E-state index contributed by atoms with van der Waals surface area (Å²) < 4.78 is 7.44. The molecule has 0 spiro atoms. The van der Waals surface area contributed by atoms with E-state index in [9.17, 15) is 4.79 Å². The smallest absolute Gasteiger partial charge is 0.277 e. The standard InChI is InChI=1S/C26H25ClN4O2/c1-16(2)25-29-11-9-21(30-25)22-14-20(8-10-28-22)31-18(4)13-23(24(27)26(31)32)33-15-19-7-5-6-17(3)12-19/h5-14,16H,15H2,1-4H3. The van der Waals surface area contributed by atoms with Crippen molar-refractivity contribution in [2.45, 2.75) is 40.2 Å². The molecule has 4 rings (SSSR count). The molecule has 1 aromatic carbocycles. The van der Waals surface area contributed by atoms with Gasteiger partial charge in [0.05, 0.1) is 17.1 Å². The lowest BCUT2D eigenvalue weighted by molar-refractivity contribution is 0.305. The molecule has 0 saturated carbocycles. The van der Waals surface area contributed by atoms with Crippen molar-refractivity contribution in [3.8, 4) is 22.8 Å². The van der Waals surface area contributed by atoms with Gasteiger partial charge in [-0.05, 0) is 37.6 Å². The van der Waals surface area contributed by atoms with E-state index in [-0.39, 0.29) is 16.5 Å². The summed E-state index contributed by atoms with van der Waals surface area (Å²) in [5, 5.41) is 0.0377. The maximum atomic E-state index is 13.2. The van der Waals surface area contributed by atoms with Crippen LogP contribution in [-0.2, 0) is 6.61 Å². The Bertz CT molecular complexity index is 1360. The SMILES string of the molecule is Cc1cccc(COc2cc(C)n(-c3ccnc(-c4ccnc(C(C)C)n4)c3)c(=O)c2Cl)c1. The van der Waals surface area contributed by atoms with Crippen LogP contribution in [0.5, 0.6) is 5.75 Å². The third-order valence-electron chi connectivity index (χ3n) is 5.23. The number of hydrogen-bond acceptors (Lipinski definition) is 5. The maximum Gasteiger partial charge on any atom is 0.277 e. The number of halogens is 1. The van der Waals surface area contributed by atoms with E-state index in [2.05, 4.69) is 15.0 Å². The summed E-state index contributed by atoms with van der Waals surface area (Å²) in [5.74, 6) is 1.30. The summed E-state index contributed by atoms with van der Waals surface area (Å²) in [7, 11) is 0. The molecule has 6 nitrogen and oxygen atoms in total. The molecule has 3 aromatic heterocycles. The topological polar surface area (TPSA) is 69.9 Å². The van der Waals surface area contributed by atoms with Crippen molar-refractivity contribution in [3.05, 3.63) is 98.9 Å². The lowest BCUT2D eigenvalue weighted by atomic mass is 10.1. The second-order valence-corrected chi connectivity index (χ2v) is 8.61. The molecule has 0 N–H and O–H groups in total. The first-order valence-electron chi connectivity index (χ1n) is 10.7. The van der Waals surface area contributed by atoms with Crippen LogP contribution >= 0.6 is 11.6 Å². The van der Waals surface area contributed by atoms with Gasteiger partial charge in [-0.15, -0.1) is 0 Å². The van der Waals surface area contributed by atoms with Gasteiger partial charge in [0.15, 0.2) is 0 Å². The van der Waals surface area contributed by atoms with Gasteiger partial charge in [-0.3, -0.25) is 14.3 Å². The van der Waals surface area contributed by atoms with E-state index in [1.807, 2.05) is 64.1 Å². The number of benzene rings is 1. The predicted molar refractivity (Wildman–Crippen MR) is 130 cm³/mol. The van der Waals surface area contributed by atoms with Crippen LogP contribution in [-0.4, -0.2) is 19.5 Å². The maximum absolute atomic E-state index is 13.2. The minimum absolute atomic E-state index is 0.0377. The number of rotatable bonds is 6. The van der Waals surface area contributed by atoms with Crippen LogP contribution < -0.4 is 10.3 Å². The highest BCUT2D eigenvalue weighted by atomic mass is 35.5. The van der Waals surface area contributed by atoms with Crippen LogP contribution in [0.2, 0.25) is 5.02 Å². The third-order valence-corrected chi connectivity index (χ3v) is 5.58. The van der Waals surface area contributed by atoms with E-state index in [0.29, 0.717) is 35.1 Å². The Balaban J connectivity index is 1.67. The average Bonchev–Trinajstić information content (AvgIpc) is 2.81.